The Morgan fingerprint density at radius 2 is 2.15 bits per heavy atom. The Kier molecular flexibility index (Phi) is 5.31. The second-order valence-electron chi connectivity index (χ2n) is 6.01. The van der Waals surface area contributed by atoms with Crippen LogP contribution in [0, 0.1) is 6.92 Å². The Hall–Kier alpha value is -3.16. The molecule has 0 atom stereocenters. The van der Waals surface area contributed by atoms with Crippen LogP contribution in [0.25, 0.3) is 11.4 Å². The number of aromatic nitrogens is 5. The molecular weight excluding hydrogens is 330 g/mol. The number of nitrogens with zero attached hydrogens (tertiary/aromatic N) is 5. The van der Waals surface area contributed by atoms with Gasteiger partial charge in [-0.25, -0.2) is 9.78 Å². The molecule has 0 bridgehead atoms. The van der Waals surface area contributed by atoms with Crippen molar-refractivity contribution in [2.24, 2.45) is 7.05 Å². The number of urea groups is 1. The van der Waals surface area contributed by atoms with E-state index >= 15 is 0 Å². The number of imidazole rings is 1. The van der Waals surface area contributed by atoms with Gasteiger partial charge in [0.05, 0.1) is 0 Å². The van der Waals surface area contributed by atoms with Gasteiger partial charge in [-0.05, 0) is 18.6 Å². The van der Waals surface area contributed by atoms with Crippen molar-refractivity contribution in [2.75, 3.05) is 11.9 Å². The number of nitrogens with one attached hydrogen (secondary N) is 2. The highest BCUT2D eigenvalue weighted by Crippen LogP contribution is 2.26. The average molecular weight is 353 g/mol. The van der Waals surface area contributed by atoms with Gasteiger partial charge in [-0.3, -0.25) is 0 Å². The second kappa shape index (κ2) is 7.81. The third-order valence-corrected chi connectivity index (χ3v) is 4.29. The molecule has 136 valence electrons. The van der Waals surface area contributed by atoms with Gasteiger partial charge in [-0.1, -0.05) is 19.1 Å². The zero-order valence-corrected chi connectivity index (χ0v) is 15.2. The lowest BCUT2D eigenvalue weighted by Crippen LogP contribution is -2.32. The van der Waals surface area contributed by atoms with Crippen molar-refractivity contribution in [1.29, 1.82) is 0 Å². The molecule has 0 unspecified atom stereocenters. The largest absolute Gasteiger partial charge is 0.336 e. The Morgan fingerprint density at radius 3 is 2.88 bits per heavy atom. The molecule has 0 radical (unpaired) electrons. The molecule has 2 amide bonds. The summed E-state index contributed by atoms with van der Waals surface area (Å²) in [7, 11) is 1.89. The smallest absolute Gasteiger partial charge is 0.319 e. The monoisotopic (exact) mass is 353 g/mol. The first-order valence-electron chi connectivity index (χ1n) is 8.59. The minimum Gasteiger partial charge on any atom is -0.336 e. The van der Waals surface area contributed by atoms with Gasteiger partial charge in [0.15, 0.2) is 5.82 Å². The highest BCUT2D eigenvalue weighted by atomic mass is 16.2. The van der Waals surface area contributed by atoms with E-state index in [0.717, 1.165) is 34.9 Å². The van der Waals surface area contributed by atoms with Crippen molar-refractivity contribution < 1.29 is 4.79 Å². The molecular formula is C18H23N7O. The first kappa shape index (κ1) is 17.7. The molecule has 1 aromatic carbocycles. The minimum atomic E-state index is -0.235. The van der Waals surface area contributed by atoms with Crippen molar-refractivity contribution in [3.8, 4) is 11.4 Å². The van der Waals surface area contributed by atoms with Crippen LogP contribution in [0.4, 0.5) is 10.5 Å². The molecule has 2 aromatic heterocycles. The predicted molar refractivity (Wildman–Crippen MR) is 99.8 cm³/mol. The summed E-state index contributed by atoms with van der Waals surface area (Å²) in [4.78, 5) is 16.5. The molecule has 0 aliphatic rings. The van der Waals surface area contributed by atoms with Gasteiger partial charge < -0.3 is 19.8 Å². The Morgan fingerprint density at radius 1 is 1.31 bits per heavy atom. The van der Waals surface area contributed by atoms with E-state index in [0.29, 0.717) is 13.1 Å². The SMILES string of the molecule is CCc1nccn1CCNC(=O)Nc1cccc(-c2nncn2C)c1C. The van der Waals surface area contributed by atoms with Gasteiger partial charge in [0, 0.05) is 50.2 Å². The van der Waals surface area contributed by atoms with Gasteiger partial charge in [-0.15, -0.1) is 10.2 Å². The predicted octanol–water partition coefficient (Wildman–Crippen LogP) is 2.37. The quantitative estimate of drug-likeness (QED) is 0.712. The first-order valence-corrected chi connectivity index (χ1v) is 8.59. The normalized spacial score (nSPS) is 10.7. The van der Waals surface area contributed by atoms with E-state index in [1.165, 1.54) is 0 Å². The third kappa shape index (κ3) is 3.74. The van der Waals surface area contributed by atoms with E-state index in [-0.39, 0.29) is 6.03 Å². The van der Waals surface area contributed by atoms with E-state index in [1.54, 1.807) is 12.5 Å². The third-order valence-electron chi connectivity index (χ3n) is 4.29. The van der Waals surface area contributed by atoms with E-state index in [9.17, 15) is 4.79 Å². The Bertz CT molecular complexity index is 897. The number of aryl methyl sites for hydroxylation is 2. The van der Waals surface area contributed by atoms with Crippen molar-refractivity contribution in [3.63, 3.8) is 0 Å². The summed E-state index contributed by atoms with van der Waals surface area (Å²) in [6, 6.07) is 5.50. The molecule has 0 spiro atoms. The summed E-state index contributed by atoms with van der Waals surface area (Å²) in [5.74, 6) is 1.78. The molecule has 8 heteroatoms. The van der Waals surface area contributed by atoms with Crippen LogP contribution in [0.1, 0.15) is 18.3 Å². The average Bonchev–Trinajstić information content (AvgIpc) is 3.25. The summed E-state index contributed by atoms with van der Waals surface area (Å²) >= 11 is 0. The maximum Gasteiger partial charge on any atom is 0.319 e. The summed E-state index contributed by atoms with van der Waals surface area (Å²) in [5, 5.41) is 13.8. The van der Waals surface area contributed by atoms with Gasteiger partial charge in [0.1, 0.15) is 12.2 Å². The van der Waals surface area contributed by atoms with Crippen molar-refractivity contribution in [1.82, 2.24) is 29.6 Å². The van der Waals surface area contributed by atoms with Crippen LogP contribution in [-0.4, -0.2) is 36.9 Å². The van der Waals surface area contributed by atoms with Crippen molar-refractivity contribution in [2.45, 2.75) is 26.8 Å². The van der Waals surface area contributed by atoms with E-state index < -0.39 is 0 Å². The number of anilines is 1. The summed E-state index contributed by atoms with van der Waals surface area (Å²) < 4.78 is 3.89. The second-order valence-corrected chi connectivity index (χ2v) is 6.01. The lowest BCUT2D eigenvalue weighted by molar-refractivity contribution is 0.251. The van der Waals surface area contributed by atoms with Crippen molar-refractivity contribution in [3.05, 3.63) is 48.3 Å². The van der Waals surface area contributed by atoms with Crippen LogP contribution in [0.5, 0.6) is 0 Å². The molecule has 0 saturated heterocycles. The molecule has 3 aromatic rings. The fraction of sp³-hybridized carbons (Fsp3) is 0.333. The number of hydrogen-bond acceptors (Lipinski definition) is 4. The maximum absolute atomic E-state index is 12.2. The molecule has 8 nitrogen and oxygen atoms in total. The highest BCUT2D eigenvalue weighted by Gasteiger charge is 2.12. The molecule has 0 saturated carbocycles. The summed E-state index contributed by atoms with van der Waals surface area (Å²) in [5.41, 5.74) is 2.63. The zero-order valence-electron chi connectivity index (χ0n) is 15.2. The molecule has 26 heavy (non-hydrogen) atoms. The first-order chi connectivity index (χ1) is 12.6. The van der Waals surface area contributed by atoms with Gasteiger partial charge in [0.25, 0.3) is 0 Å². The van der Waals surface area contributed by atoms with E-state index in [2.05, 4.69) is 32.7 Å². The molecule has 0 fully saturated rings. The number of rotatable bonds is 6. The zero-order chi connectivity index (χ0) is 18.5. The van der Waals surface area contributed by atoms with Gasteiger partial charge in [-0.2, -0.15) is 0 Å². The molecule has 3 rings (SSSR count). The Labute approximate surface area is 152 Å². The van der Waals surface area contributed by atoms with Crippen LogP contribution in [-0.2, 0) is 20.0 Å². The lowest BCUT2D eigenvalue weighted by atomic mass is 10.1. The summed E-state index contributed by atoms with van der Waals surface area (Å²) in [6.45, 7) is 5.23. The van der Waals surface area contributed by atoms with Crippen LogP contribution in [0.15, 0.2) is 36.9 Å². The van der Waals surface area contributed by atoms with E-state index in [1.807, 2.05) is 47.5 Å². The Balaban J connectivity index is 1.62. The topological polar surface area (TPSA) is 89.7 Å². The number of carbonyl (C=O) groups is 1. The molecule has 0 aliphatic carbocycles. The minimum absolute atomic E-state index is 0.235. The molecule has 0 aliphatic heterocycles. The highest BCUT2D eigenvalue weighted by molar-refractivity contribution is 5.91. The standard InChI is InChI=1S/C18H23N7O/c1-4-16-19-8-10-25(16)11-9-20-18(26)22-15-7-5-6-14(13(15)2)17-23-21-12-24(17)3/h5-8,10,12H,4,9,11H2,1-3H3,(H2,20,22,26). The number of hydrogen-bond donors (Lipinski definition) is 2. The van der Waals surface area contributed by atoms with Crippen LogP contribution >= 0.6 is 0 Å². The molecule has 2 heterocycles. The summed E-state index contributed by atoms with van der Waals surface area (Å²) in [6.07, 6.45) is 6.22. The van der Waals surface area contributed by atoms with Crippen LogP contribution in [0.3, 0.4) is 0 Å². The fourth-order valence-corrected chi connectivity index (χ4v) is 2.85. The van der Waals surface area contributed by atoms with Crippen molar-refractivity contribution >= 4 is 11.7 Å². The number of benzene rings is 1. The van der Waals surface area contributed by atoms with Gasteiger partial charge >= 0.3 is 6.03 Å². The lowest BCUT2D eigenvalue weighted by Gasteiger charge is -2.13. The number of amides is 2. The number of carbonyl (C=O) groups excluding carboxylic acids is 1. The van der Waals surface area contributed by atoms with Crippen LogP contribution in [0.2, 0.25) is 0 Å². The van der Waals surface area contributed by atoms with Crippen LogP contribution < -0.4 is 10.6 Å². The van der Waals surface area contributed by atoms with Gasteiger partial charge in [0.2, 0.25) is 0 Å². The maximum atomic E-state index is 12.2. The molecule has 2 N–H and O–H groups in total. The van der Waals surface area contributed by atoms with E-state index in [4.69, 9.17) is 0 Å². The fourth-order valence-electron chi connectivity index (χ4n) is 2.85.